The molecule has 4 aromatic carbocycles. The molecule has 0 unspecified atom stereocenters. The summed E-state index contributed by atoms with van der Waals surface area (Å²) in [5.74, 6) is 0.929. The monoisotopic (exact) mass is 435 g/mol. The predicted octanol–water partition coefficient (Wildman–Crippen LogP) is 6.42. The Balaban J connectivity index is 1.57. The number of phenolic OH excluding ortho intramolecular Hbond substituents is 1. The summed E-state index contributed by atoms with van der Waals surface area (Å²) in [6.45, 7) is 0. The molecule has 0 heterocycles. The van der Waals surface area contributed by atoms with Crippen molar-refractivity contribution in [1.82, 2.24) is 0 Å². The lowest BCUT2D eigenvalue weighted by molar-refractivity contribution is -0.115. The molecule has 0 aromatic heterocycles. The Morgan fingerprint density at radius 1 is 0.818 bits per heavy atom. The van der Waals surface area contributed by atoms with Gasteiger partial charge in [0.1, 0.15) is 11.5 Å². The highest BCUT2D eigenvalue weighted by molar-refractivity contribution is 5.97. The fraction of sp³-hybridized carbons (Fsp3) is 0.0690. The maximum Gasteiger partial charge on any atom is 0.228 e. The summed E-state index contributed by atoms with van der Waals surface area (Å²) in [6, 6.07) is 30.4. The maximum atomic E-state index is 12.8. The summed E-state index contributed by atoms with van der Waals surface area (Å²) >= 11 is 0. The second-order valence-electron chi connectivity index (χ2n) is 7.63. The van der Waals surface area contributed by atoms with Gasteiger partial charge in [-0.1, -0.05) is 78.9 Å². The van der Waals surface area contributed by atoms with E-state index in [1.807, 2.05) is 97.1 Å². The summed E-state index contributed by atoms with van der Waals surface area (Å²) < 4.78 is 5.18. The van der Waals surface area contributed by atoms with Crippen LogP contribution in [0.25, 0.3) is 23.3 Å². The average Bonchev–Trinajstić information content (AvgIpc) is 2.85. The molecule has 4 rings (SSSR count). The lowest BCUT2D eigenvalue weighted by Crippen LogP contribution is -2.15. The number of methoxy groups -OCH3 is 1. The Morgan fingerprint density at radius 2 is 1.48 bits per heavy atom. The van der Waals surface area contributed by atoms with Crippen molar-refractivity contribution in [3.63, 3.8) is 0 Å². The van der Waals surface area contributed by atoms with E-state index in [2.05, 4.69) is 5.32 Å². The van der Waals surface area contributed by atoms with Crippen molar-refractivity contribution < 1.29 is 14.6 Å². The Labute approximate surface area is 193 Å². The fourth-order valence-corrected chi connectivity index (χ4v) is 3.61. The molecule has 0 aliphatic carbocycles. The SMILES string of the molecule is COc1ccc(CC(=O)Nc2ccccc2-c2ccccc2C=Cc2ccc(O)cc2)cc1. The third-order valence-corrected chi connectivity index (χ3v) is 5.32. The van der Waals surface area contributed by atoms with Crippen molar-refractivity contribution in [2.24, 2.45) is 0 Å². The lowest BCUT2D eigenvalue weighted by atomic mass is 9.97. The molecule has 1 amide bonds. The summed E-state index contributed by atoms with van der Waals surface area (Å²) in [5.41, 5.74) is 5.68. The molecule has 0 aliphatic rings. The summed E-state index contributed by atoms with van der Waals surface area (Å²) in [7, 11) is 1.62. The van der Waals surface area contributed by atoms with Crippen LogP contribution >= 0.6 is 0 Å². The second kappa shape index (κ2) is 10.3. The van der Waals surface area contributed by atoms with Gasteiger partial charge in [-0.25, -0.2) is 0 Å². The van der Waals surface area contributed by atoms with Crippen molar-refractivity contribution in [2.45, 2.75) is 6.42 Å². The average molecular weight is 436 g/mol. The summed E-state index contributed by atoms with van der Waals surface area (Å²) in [6.07, 6.45) is 4.32. The number of rotatable bonds is 7. The summed E-state index contributed by atoms with van der Waals surface area (Å²) in [4.78, 5) is 12.8. The maximum absolute atomic E-state index is 12.8. The van der Waals surface area contributed by atoms with Crippen molar-refractivity contribution in [3.8, 4) is 22.6 Å². The highest BCUT2D eigenvalue weighted by Crippen LogP contribution is 2.32. The van der Waals surface area contributed by atoms with Crippen LogP contribution in [0.3, 0.4) is 0 Å². The molecule has 4 aromatic rings. The van der Waals surface area contributed by atoms with Gasteiger partial charge in [-0.15, -0.1) is 0 Å². The lowest BCUT2D eigenvalue weighted by Gasteiger charge is -2.14. The molecular weight excluding hydrogens is 410 g/mol. The first-order chi connectivity index (χ1) is 16.1. The van der Waals surface area contributed by atoms with Crippen LogP contribution < -0.4 is 10.1 Å². The number of hydrogen-bond acceptors (Lipinski definition) is 3. The van der Waals surface area contributed by atoms with Crippen LogP contribution in [0.15, 0.2) is 97.1 Å². The highest BCUT2D eigenvalue weighted by Gasteiger charge is 2.11. The van der Waals surface area contributed by atoms with Crippen LogP contribution in [0, 0.1) is 0 Å². The quantitative estimate of drug-likeness (QED) is 0.329. The van der Waals surface area contributed by atoms with Crippen LogP contribution in [0.4, 0.5) is 5.69 Å². The number of carbonyl (C=O) groups excluding carboxylic acids is 1. The van der Waals surface area contributed by atoms with E-state index in [4.69, 9.17) is 4.74 Å². The number of ether oxygens (including phenoxy) is 1. The number of anilines is 1. The Kier molecular flexibility index (Phi) is 6.86. The van der Waals surface area contributed by atoms with E-state index in [1.54, 1.807) is 19.2 Å². The van der Waals surface area contributed by atoms with E-state index in [-0.39, 0.29) is 18.1 Å². The second-order valence-corrected chi connectivity index (χ2v) is 7.63. The van der Waals surface area contributed by atoms with Crippen LogP contribution in [-0.4, -0.2) is 18.1 Å². The van der Waals surface area contributed by atoms with Gasteiger partial charge in [0.05, 0.1) is 13.5 Å². The van der Waals surface area contributed by atoms with Gasteiger partial charge >= 0.3 is 0 Å². The molecule has 0 spiro atoms. The zero-order valence-corrected chi connectivity index (χ0v) is 18.4. The Bertz CT molecular complexity index is 1260. The number of para-hydroxylation sites is 1. The molecular formula is C29H25NO3. The largest absolute Gasteiger partial charge is 0.508 e. The molecule has 33 heavy (non-hydrogen) atoms. The van der Waals surface area contributed by atoms with Crippen LogP contribution in [0.1, 0.15) is 16.7 Å². The van der Waals surface area contributed by atoms with Crippen molar-refractivity contribution in [2.75, 3.05) is 12.4 Å². The smallest absolute Gasteiger partial charge is 0.228 e. The third-order valence-electron chi connectivity index (χ3n) is 5.32. The number of phenols is 1. The minimum absolute atomic E-state index is 0.0790. The number of aromatic hydroxyl groups is 1. The van der Waals surface area contributed by atoms with Gasteiger partial charge in [0, 0.05) is 11.3 Å². The first-order valence-electron chi connectivity index (χ1n) is 10.7. The van der Waals surface area contributed by atoms with Gasteiger partial charge in [-0.05, 0) is 52.6 Å². The van der Waals surface area contributed by atoms with E-state index >= 15 is 0 Å². The van der Waals surface area contributed by atoms with Crippen LogP contribution in [0.2, 0.25) is 0 Å². The fourth-order valence-electron chi connectivity index (χ4n) is 3.61. The van der Waals surface area contributed by atoms with E-state index in [0.29, 0.717) is 0 Å². The van der Waals surface area contributed by atoms with Gasteiger partial charge in [0.15, 0.2) is 0 Å². The predicted molar refractivity (Wildman–Crippen MR) is 134 cm³/mol. The van der Waals surface area contributed by atoms with Gasteiger partial charge in [0.25, 0.3) is 0 Å². The first kappa shape index (κ1) is 21.9. The molecule has 2 N–H and O–H groups in total. The van der Waals surface area contributed by atoms with Gasteiger partial charge < -0.3 is 15.2 Å². The van der Waals surface area contributed by atoms with Crippen molar-refractivity contribution in [3.05, 3.63) is 114 Å². The van der Waals surface area contributed by atoms with Gasteiger partial charge in [-0.3, -0.25) is 4.79 Å². The molecule has 0 fully saturated rings. The number of hydrogen-bond donors (Lipinski definition) is 2. The standard InChI is InChI=1S/C29H25NO3/c1-33-25-18-13-22(14-19-25)20-29(32)30-28-9-5-4-8-27(28)26-7-3-2-6-23(26)15-10-21-11-16-24(31)17-12-21/h2-19,31H,20H2,1H3,(H,30,32). The number of nitrogens with one attached hydrogen (secondary N) is 1. The molecule has 0 atom stereocenters. The van der Waals surface area contributed by atoms with Gasteiger partial charge in [-0.2, -0.15) is 0 Å². The van der Waals surface area contributed by atoms with Crippen LogP contribution in [-0.2, 0) is 11.2 Å². The Morgan fingerprint density at radius 3 is 2.21 bits per heavy atom. The zero-order chi connectivity index (χ0) is 23.0. The Hall–Kier alpha value is -4.31. The normalized spacial score (nSPS) is 10.8. The van der Waals surface area contributed by atoms with E-state index < -0.39 is 0 Å². The number of benzene rings is 4. The topological polar surface area (TPSA) is 58.6 Å². The molecule has 164 valence electrons. The van der Waals surface area contributed by atoms with Crippen molar-refractivity contribution in [1.29, 1.82) is 0 Å². The van der Waals surface area contributed by atoms with Crippen LogP contribution in [0.5, 0.6) is 11.5 Å². The molecule has 0 aliphatic heterocycles. The third kappa shape index (κ3) is 5.69. The molecule has 4 heteroatoms. The van der Waals surface area contributed by atoms with Gasteiger partial charge in [0.2, 0.25) is 5.91 Å². The zero-order valence-electron chi connectivity index (χ0n) is 18.4. The number of carbonyl (C=O) groups is 1. The minimum atomic E-state index is -0.0790. The summed E-state index contributed by atoms with van der Waals surface area (Å²) in [5, 5.41) is 12.6. The highest BCUT2D eigenvalue weighted by atomic mass is 16.5. The molecule has 4 nitrogen and oxygen atoms in total. The minimum Gasteiger partial charge on any atom is -0.508 e. The molecule has 0 bridgehead atoms. The van der Waals surface area contributed by atoms with E-state index in [1.165, 1.54) is 0 Å². The van der Waals surface area contributed by atoms with E-state index in [0.717, 1.165) is 39.3 Å². The molecule has 0 saturated heterocycles. The van der Waals surface area contributed by atoms with Crippen molar-refractivity contribution >= 4 is 23.7 Å². The molecule has 0 radical (unpaired) electrons. The first-order valence-corrected chi connectivity index (χ1v) is 10.7. The number of amides is 1. The van der Waals surface area contributed by atoms with E-state index in [9.17, 15) is 9.90 Å². The molecule has 0 saturated carbocycles.